The van der Waals surface area contributed by atoms with E-state index < -0.39 is 17.0 Å². The smallest absolute Gasteiger partial charge is 0.273 e. The Morgan fingerprint density at radius 1 is 1.22 bits per heavy atom. The number of fused-ring (bicyclic) bond motifs is 2. The molecule has 2 aromatic heterocycles. The minimum atomic E-state index is -0.464. The number of anilines is 1. The normalized spacial score (nSPS) is 11.0. The zero-order valence-corrected chi connectivity index (χ0v) is 15.0. The number of H-pyrrole nitrogens is 1. The third kappa shape index (κ3) is 3.20. The quantitative estimate of drug-likeness (QED) is 0.561. The van der Waals surface area contributed by atoms with Gasteiger partial charge in [-0.15, -0.1) is 0 Å². The van der Waals surface area contributed by atoms with Gasteiger partial charge in [0.15, 0.2) is 5.13 Å². The second kappa shape index (κ2) is 6.69. The van der Waals surface area contributed by atoms with Gasteiger partial charge in [-0.3, -0.25) is 19.5 Å². The van der Waals surface area contributed by atoms with Crippen LogP contribution < -0.4 is 21.2 Å². The number of carbonyl (C=O) groups is 1. The van der Waals surface area contributed by atoms with Crippen LogP contribution in [0, 0.1) is 0 Å². The molecule has 0 aliphatic carbocycles. The third-order valence-corrected chi connectivity index (χ3v) is 4.96. The van der Waals surface area contributed by atoms with Crippen LogP contribution in [0.3, 0.4) is 0 Å². The molecule has 0 fully saturated rings. The molecule has 2 aromatic carbocycles. The summed E-state index contributed by atoms with van der Waals surface area (Å²) >= 11 is 1.29. The highest BCUT2D eigenvalue weighted by atomic mass is 32.1. The monoisotopic (exact) mass is 382 g/mol. The predicted molar refractivity (Wildman–Crippen MR) is 104 cm³/mol. The molecule has 0 bridgehead atoms. The van der Waals surface area contributed by atoms with Crippen molar-refractivity contribution in [3.63, 3.8) is 0 Å². The van der Waals surface area contributed by atoms with E-state index in [0.29, 0.717) is 16.3 Å². The molecule has 27 heavy (non-hydrogen) atoms. The molecule has 4 rings (SSSR count). The van der Waals surface area contributed by atoms with Crippen LogP contribution >= 0.6 is 11.3 Å². The Labute approximate surface area is 156 Å². The van der Waals surface area contributed by atoms with Crippen LogP contribution in [0.1, 0.15) is 0 Å². The topological polar surface area (TPSA) is 106 Å². The molecule has 0 radical (unpaired) electrons. The van der Waals surface area contributed by atoms with E-state index in [1.165, 1.54) is 11.3 Å². The van der Waals surface area contributed by atoms with Crippen molar-refractivity contribution in [2.45, 2.75) is 6.54 Å². The average molecular weight is 382 g/mol. The summed E-state index contributed by atoms with van der Waals surface area (Å²) in [6.07, 6.45) is 0. The minimum Gasteiger partial charge on any atom is -0.497 e. The summed E-state index contributed by atoms with van der Waals surface area (Å²) in [6, 6.07) is 11.9. The first-order valence-electron chi connectivity index (χ1n) is 8.01. The molecule has 4 aromatic rings. The fourth-order valence-electron chi connectivity index (χ4n) is 2.75. The molecule has 8 nitrogen and oxygen atoms in total. The van der Waals surface area contributed by atoms with E-state index in [-0.39, 0.29) is 11.9 Å². The summed E-state index contributed by atoms with van der Waals surface area (Å²) in [4.78, 5) is 41.2. The van der Waals surface area contributed by atoms with Crippen molar-refractivity contribution in [2.24, 2.45) is 0 Å². The molecule has 0 atom stereocenters. The molecular weight excluding hydrogens is 368 g/mol. The molecule has 2 heterocycles. The van der Waals surface area contributed by atoms with Gasteiger partial charge in [-0.05, 0) is 30.3 Å². The molecule has 136 valence electrons. The molecular formula is C18H14N4O4S. The number of hydrogen-bond donors (Lipinski definition) is 2. The summed E-state index contributed by atoms with van der Waals surface area (Å²) in [6.45, 7) is -0.321. The Morgan fingerprint density at radius 2 is 2.00 bits per heavy atom. The maximum absolute atomic E-state index is 12.5. The third-order valence-electron chi connectivity index (χ3n) is 4.03. The van der Waals surface area contributed by atoms with Crippen molar-refractivity contribution < 1.29 is 9.53 Å². The van der Waals surface area contributed by atoms with Crippen molar-refractivity contribution in [3.8, 4) is 5.75 Å². The Kier molecular flexibility index (Phi) is 4.21. The van der Waals surface area contributed by atoms with Crippen molar-refractivity contribution in [2.75, 3.05) is 12.4 Å². The average Bonchev–Trinajstić information content (AvgIpc) is 3.07. The van der Waals surface area contributed by atoms with Crippen molar-refractivity contribution in [3.05, 3.63) is 63.2 Å². The van der Waals surface area contributed by atoms with Crippen LogP contribution in [0.2, 0.25) is 0 Å². The molecule has 0 saturated heterocycles. The van der Waals surface area contributed by atoms with Gasteiger partial charge in [0.25, 0.3) is 11.1 Å². The zero-order chi connectivity index (χ0) is 19.0. The van der Waals surface area contributed by atoms with E-state index in [1.54, 1.807) is 43.5 Å². The standard InChI is InChI=1S/C18H14N4O4S/c1-26-10-6-7-13-14(8-10)27-18(19-13)20-15(23)9-22-17(25)12-5-3-2-4-11(12)16(24)21-22/h2-8H,9H2,1H3,(H,21,24)(H,19,20,23). The first-order chi connectivity index (χ1) is 13.0. The number of ether oxygens (including phenoxy) is 1. The van der Waals surface area contributed by atoms with Gasteiger partial charge in [-0.1, -0.05) is 23.5 Å². The van der Waals surface area contributed by atoms with Crippen LogP contribution in [-0.4, -0.2) is 27.8 Å². The second-order valence-corrected chi connectivity index (χ2v) is 6.81. The maximum Gasteiger partial charge on any atom is 0.273 e. The number of thiazole rings is 1. The highest BCUT2D eigenvalue weighted by molar-refractivity contribution is 7.22. The van der Waals surface area contributed by atoms with Gasteiger partial charge in [0.05, 0.1) is 28.1 Å². The van der Waals surface area contributed by atoms with Crippen LogP contribution in [0.15, 0.2) is 52.1 Å². The molecule has 0 unspecified atom stereocenters. The first-order valence-corrected chi connectivity index (χ1v) is 8.83. The molecule has 9 heteroatoms. The summed E-state index contributed by atoms with van der Waals surface area (Å²) in [5.74, 6) is 0.235. The fourth-order valence-corrected chi connectivity index (χ4v) is 3.66. The largest absolute Gasteiger partial charge is 0.497 e. The van der Waals surface area contributed by atoms with E-state index in [1.807, 2.05) is 6.07 Å². The number of hydrogen-bond acceptors (Lipinski definition) is 6. The minimum absolute atomic E-state index is 0.265. The number of methoxy groups -OCH3 is 1. The SMILES string of the molecule is COc1ccc2nc(NC(=O)Cn3[nH]c(=O)c4ccccc4c3=O)sc2c1. The molecule has 2 N–H and O–H groups in total. The number of rotatable bonds is 4. The van der Waals surface area contributed by atoms with Crippen LogP contribution in [0.4, 0.5) is 5.13 Å². The van der Waals surface area contributed by atoms with Gasteiger partial charge in [0, 0.05) is 0 Å². The Balaban J connectivity index is 1.60. The number of nitrogens with one attached hydrogen (secondary N) is 2. The number of amides is 1. The molecule has 0 aliphatic rings. The summed E-state index contributed by atoms with van der Waals surface area (Å²) in [5, 5.41) is 6.05. The lowest BCUT2D eigenvalue weighted by Gasteiger charge is -2.06. The van der Waals surface area contributed by atoms with Gasteiger partial charge in [-0.2, -0.15) is 0 Å². The molecule has 1 amide bonds. The van der Waals surface area contributed by atoms with Gasteiger partial charge >= 0.3 is 0 Å². The molecule has 0 saturated carbocycles. The molecule has 0 aliphatic heterocycles. The summed E-state index contributed by atoms with van der Waals surface area (Å²) in [5.41, 5.74) is -0.133. The fraction of sp³-hybridized carbons (Fsp3) is 0.111. The highest BCUT2D eigenvalue weighted by Gasteiger charge is 2.12. The van der Waals surface area contributed by atoms with E-state index >= 15 is 0 Å². The number of nitrogens with zero attached hydrogens (tertiary/aromatic N) is 2. The summed E-state index contributed by atoms with van der Waals surface area (Å²) in [7, 11) is 1.58. The Bertz CT molecular complexity index is 1290. The predicted octanol–water partition coefficient (Wildman–Crippen LogP) is 1.95. The van der Waals surface area contributed by atoms with E-state index in [2.05, 4.69) is 15.4 Å². The lowest BCUT2D eigenvalue weighted by atomic mass is 10.2. The van der Waals surface area contributed by atoms with E-state index in [9.17, 15) is 14.4 Å². The lowest BCUT2D eigenvalue weighted by molar-refractivity contribution is -0.117. The number of aromatic nitrogens is 3. The van der Waals surface area contributed by atoms with Crippen LogP contribution in [0.25, 0.3) is 21.0 Å². The maximum atomic E-state index is 12.5. The zero-order valence-electron chi connectivity index (χ0n) is 14.2. The van der Waals surface area contributed by atoms with Crippen molar-refractivity contribution >= 4 is 43.4 Å². The lowest BCUT2D eigenvalue weighted by Crippen LogP contribution is -2.34. The highest BCUT2D eigenvalue weighted by Crippen LogP contribution is 2.29. The van der Waals surface area contributed by atoms with Gasteiger partial charge in [-0.25, -0.2) is 9.67 Å². The molecule has 0 spiro atoms. The van der Waals surface area contributed by atoms with Crippen molar-refractivity contribution in [1.29, 1.82) is 0 Å². The van der Waals surface area contributed by atoms with E-state index in [4.69, 9.17) is 4.74 Å². The van der Waals surface area contributed by atoms with Crippen LogP contribution in [-0.2, 0) is 11.3 Å². The van der Waals surface area contributed by atoms with Crippen molar-refractivity contribution in [1.82, 2.24) is 14.8 Å². The first kappa shape index (κ1) is 17.0. The van der Waals surface area contributed by atoms with Gasteiger partial charge < -0.3 is 10.1 Å². The van der Waals surface area contributed by atoms with Gasteiger partial charge in [0.2, 0.25) is 5.91 Å². The number of benzene rings is 2. The Hall–Kier alpha value is -3.46. The second-order valence-electron chi connectivity index (χ2n) is 5.78. The van der Waals surface area contributed by atoms with Gasteiger partial charge in [0.1, 0.15) is 12.3 Å². The van der Waals surface area contributed by atoms with E-state index in [0.717, 1.165) is 14.9 Å². The number of carbonyl (C=O) groups excluding carboxylic acids is 1. The van der Waals surface area contributed by atoms with Crippen LogP contribution in [0.5, 0.6) is 5.75 Å². The Morgan fingerprint density at radius 3 is 2.78 bits per heavy atom. The number of aromatic amines is 1. The summed E-state index contributed by atoms with van der Waals surface area (Å²) < 4.78 is 7.03.